The van der Waals surface area contributed by atoms with Gasteiger partial charge in [0.2, 0.25) is 0 Å². The third kappa shape index (κ3) is 3.16. The van der Waals surface area contributed by atoms with E-state index in [0.29, 0.717) is 12.3 Å². The fourth-order valence-corrected chi connectivity index (χ4v) is 1.58. The van der Waals surface area contributed by atoms with Crippen LogP contribution in [-0.2, 0) is 17.7 Å². The van der Waals surface area contributed by atoms with Gasteiger partial charge < -0.3 is 9.30 Å². The number of aryl methyl sites for hydroxylation is 2. The van der Waals surface area contributed by atoms with Crippen molar-refractivity contribution in [3.8, 4) is 0 Å². The molecule has 0 saturated heterocycles. The standard InChI is InChI=1S/C13H15N3O2/c1-2-18-13(17)12-9-16(10-15-12)8-6-11-5-3-4-7-14-11/h3-5,7,9-10H,2,6,8H2,1H3. The lowest BCUT2D eigenvalue weighted by atomic mass is 10.3. The van der Waals surface area contributed by atoms with Crippen LogP contribution in [-0.4, -0.2) is 27.1 Å². The molecule has 0 aliphatic rings. The number of nitrogens with zero attached hydrogens (tertiary/aromatic N) is 3. The van der Waals surface area contributed by atoms with Crippen molar-refractivity contribution < 1.29 is 9.53 Å². The normalized spacial score (nSPS) is 10.3. The number of imidazole rings is 1. The summed E-state index contributed by atoms with van der Waals surface area (Å²) in [7, 11) is 0. The minimum atomic E-state index is -0.380. The van der Waals surface area contributed by atoms with Gasteiger partial charge in [-0.3, -0.25) is 4.98 Å². The molecule has 0 aliphatic heterocycles. The molecular weight excluding hydrogens is 230 g/mol. The van der Waals surface area contributed by atoms with Crippen LogP contribution in [0.25, 0.3) is 0 Å². The molecule has 0 atom stereocenters. The summed E-state index contributed by atoms with van der Waals surface area (Å²) in [6, 6.07) is 5.82. The van der Waals surface area contributed by atoms with Gasteiger partial charge in [0.1, 0.15) is 0 Å². The predicted octanol–water partition coefficient (Wildman–Crippen LogP) is 1.70. The number of carbonyl (C=O) groups is 1. The average molecular weight is 245 g/mol. The van der Waals surface area contributed by atoms with Gasteiger partial charge in [-0.15, -0.1) is 0 Å². The molecule has 0 saturated carbocycles. The Morgan fingerprint density at radius 1 is 1.39 bits per heavy atom. The van der Waals surface area contributed by atoms with Crippen LogP contribution in [0.15, 0.2) is 36.9 Å². The SMILES string of the molecule is CCOC(=O)c1cn(CCc2ccccn2)cn1. The summed E-state index contributed by atoms with van der Waals surface area (Å²) >= 11 is 0. The molecule has 0 bridgehead atoms. The zero-order valence-corrected chi connectivity index (χ0v) is 10.2. The van der Waals surface area contributed by atoms with Crippen molar-refractivity contribution in [1.29, 1.82) is 0 Å². The van der Waals surface area contributed by atoms with Gasteiger partial charge in [0, 0.05) is 31.1 Å². The molecule has 0 aromatic carbocycles. The lowest BCUT2D eigenvalue weighted by molar-refractivity contribution is 0.0520. The highest BCUT2D eigenvalue weighted by molar-refractivity contribution is 5.86. The topological polar surface area (TPSA) is 57.0 Å². The lowest BCUT2D eigenvalue weighted by Gasteiger charge is -2.01. The maximum Gasteiger partial charge on any atom is 0.358 e. The summed E-state index contributed by atoms with van der Waals surface area (Å²) in [5, 5.41) is 0. The molecule has 0 N–H and O–H groups in total. The van der Waals surface area contributed by atoms with Gasteiger partial charge >= 0.3 is 5.97 Å². The fraction of sp³-hybridized carbons (Fsp3) is 0.308. The molecular formula is C13H15N3O2. The van der Waals surface area contributed by atoms with E-state index in [2.05, 4.69) is 9.97 Å². The van der Waals surface area contributed by atoms with Crippen LogP contribution in [0.3, 0.4) is 0 Å². The minimum absolute atomic E-state index is 0.345. The van der Waals surface area contributed by atoms with Gasteiger partial charge in [-0.1, -0.05) is 6.07 Å². The minimum Gasteiger partial charge on any atom is -0.461 e. The number of aromatic nitrogens is 3. The lowest BCUT2D eigenvalue weighted by Crippen LogP contribution is -2.05. The summed E-state index contributed by atoms with van der Waals surface area (Å²) < 4.78 is 6.74. The first-order chi connectivity index (χ1) is 8.79. The van der Waals surface area contributed by atoms with Crippen LogP contribution in [0.1, 0.15) is 23.1 Å². The van der Waals surface area contributed by atoms with E-state index in [4.69, 9.17) is 4.74 Å². The molecule has 0 spiro atoms. The van der Waals surface area contributed by atoms with E-state index in [9.17, 15) is 4.79 Å². The third-order valence-electron chi connectivity index (χ3n) is 2.47. The Kier molecular flexibility index (Phi) is 4.06. The van der Waals surface area contributed by atoms with Crippen LogP contribution >= 0.6 is 0 Å². The van der Waals surface area contributed by atoms with E-state index >= 15 is 0 Å². The molecule has 0 aliphatic carbocycles. The maximum absolute atomic E-state index is 11.4. The second-order valence-electron chi connectivity index (χ2n) is 3.79. The molecule has 2 aromatic rings. The Balaban J connectivity index is 1.93. The van der Waals surface area contributed by atoms with Gasteiger partial charge in [0.25, 0.3) is 0 Å². The number of hydrogen-bond donors (Lipinski definition) is 0. The van der Waals surface area contributed by atoms with Crippen molar-refractivity contribution in [2.45, 2.75) is 19.9 Å². The fourth-order valence-electron chi connectivity index (χ4n) is 1.58. The number of esters is 1. The molecule has 94 valence electrons. The Bertz CT molecular complexity index is 508. The van der Waals surface area contributed by atoms with Gasteiger partial charge in [-0.05, 0) is 19.1 Å². The summed E-state index contributed by atoms with van der Waals surface area (Å²) in [4.78, 5) is 19.7. The molecule has 2 rings (SSSR count). The number of pyridine rings is 1. The smallest absolute Gasteiger partial charge is 0.358 e. The van der Waals surface area contributed by atoms with E-state index in [1.807, 2.05) is 22.8 Å². The number of ether oxygens (including phenoxy) is 1. The summed E-state index contributed by atoms with van der Waals surface area (Å²) in [6.07, 6.45) is 5.91. The monoisotopic (exact) mass is 245 g/mol. The summed E-state index contributed by atoms with van der Waals surface area (Å²) in [5.41, 5.74) is 1.36. The van der Waals surface area contributed by atoms with Crippen LogP contribution in [0.5, 0.6) is 0 Å². The largest absolute Gasteiger partial charge is 0.461 e. The zero-order chi connectivity index (χ0) is 12.8. The van der Waals surface area contributed by atoms with Crippen molar-refractivity contribution in [3.63, 3.8) is 0 Å². The number of carbonyl (C=O) groups excluding carboxylic acids is 1. The van der Waals surface area contributed by atoms with Crippen molar-refractivity contribution in [1.82, 2.24) is 14.5 Å². The molecule has 0 fully saturated rings. The Morgan fingerprint density at radius 3 is 3.00 bits per heavy atom. The van der Waals surface area contributed by atoms with Crippen LogP contribution in [0.2, 0.25) is 0 Å². The van der Waals surface area contributed by atoms with Crippen molar-refractivity contribution in [2.24, 2.45) is 0 Å². The van der Waals surface area contributed by atoms with Crippen LogP contribution < -0.4 is 0 Å². The number of hydrogen-bond acceptors (Lipinski definition) is 4. The average Bonchev–Trinajstić information content (AvgIpc) is 2.87. The first-order valence-electron chi connectivity index (χ1n) is 5.88. The first kappa shape index (κ1) is 12.3. The predicted molar refractivity (Wildman–Crippen MR) is 66.1 cm³/mol. The highest BCUT2D eigenvalue weighted by atomic mass is 16.5. The molecule has 5 heteroatoms. The van der Waals surface area contributed by atoms with E-state index < -0.39 is 0 Å². The highest BCUT2D eigenvalue weighted by Gasteiger charge is 2.09. The maximum atomic E-state index is 11.4. The molecule has 0 unspecified atom stereocenters. The van der Waals surface area contributed by atoms with E-state index in [1.54, 1.807) is 25.6 Å². The van der Waals surface area contributed by atoms with E-state index in [-0.39, 0.29) is 5.97 Å². The summed E-state index contributed by atoms with van der Waals surface area (Å²) in [5.74, 6) is -0.380. The second-order valence-corrected chi connectivity index (χ2v) is 3.79. The van der Waals surface area contributed by atoms with Crippen LogP contribution in [0.4, 0.5) is 0 Å². The van der Waals surface area contributed by atoms with Crippen molar-refractivity contribution in [2.75, 3.05) is 6.61 Å². The Labute approximate surface area is 105 Å². The molecule has 0 amide bonds. The molecule has 2 aromatic heterocycles. The quantitative estimate of drug-likeness (QED) is 0.752. The van der Waals surface area contributed by atoms with Crippen molar-refractivity contribution in [3.05, 3.63) is 48.3 Å². The second kappa shape index (κ2) is 5.95. The summed E-state index contributed by atoms with van der Waals surface area (Å²) in [6.45, 7) is 2.87. The molecule has 2 heterocycles. The molecule has 5 nitrogen and oxygen atoms in total. The Morgan fingerprint density at radius 2 is 2.28 bits per heavy atom. The van der Waals surface area contributed by atoms with E-state index in [0.717, 1.165) is 18.7 Å². The van der Waals surface area contributed by atoms with Gasteiger partial charge in [-0.25, -0.2) is 9.78 Å². The van der Waals surface area contributed by atoms with Gasteiger partial charge in [0.15, 0.2) is 5.69 Å². The molecule has 0 radical (unpaired) electrons. The van der Waals surface area contributed by atoms with Gasteiger partial charge in [0.05, 0.1) is 12.9 Å². The van der Waals surface area contributed by atoms with Gasteiger partial charge in [-0.2, -0.15) is 0 Å². The third-order valence-corrected chi connectivity index (χ3v) is 2.47. The van der Waals surface area contributed by atoms with Crippen LogP contribution in [0, 0.1) is 0 Å². The Hall–Kier alpha value is -2.17. The highest BCUT2D eigenvalue weighted by Crippen LogP contribution is 2.02. The van der Waals surface area contributed by atoms with E-state index in [1.165, 1.54) is 0 Å². The molecule has 18 heavy (non-hydrogen) atoms. The zero-order valence-electron chi connectivity index (χ0n) is 10.2. The first-order valence-corrected chi connectivity index (χ1v) is 5.88. The number of rotatable bonds is 5. The van der Waals surface area contributed by atoms with Crippen molar-refractivity contribution >= 4 is 5.97 Å².